The summed E-state index contributed by atoms with van der Waals surface area (Å²) in [5.74, 6) is 1.39. The van der Waals surface area contributed by atoms with Crippen molar-refractivity contribution in [3.05, 3.63) is 52.6 Å². The monoisotopic (exact) mass is 319 g/mol. The summed E-state index contributed by atoms with van der Waals surface area (Å²) in [5.41, 5.74) is 1.52. The minimum Gasteiger partial charge on any atom is -0.438 e. The lowest BCUT2D eigenvalue weighted by molar-refractivity contribution is 0.457. The molecule has 0 spiro atoms. The van der Waals surface area contributed by atoms with Crippen molar-refractivity contribution < 1.29 is 4.74 Å². The topological polar surface area (TPSA) is 22.1 Å². The van der Waals surface area contributed by atoms with Gasteiger partial charge < -0.3 is 4.74 Å². The summed E-state index contributed by atoms with van der Waals surface area (Å²) in [6, 6.07) is 12.0. The zero-order chi connectivity index (χ0) is 13.9. The third-order valence-electron chi connectivity index (χ3n) is 3.46. The van der Waals surface area contributed by atoms with Gasteiger partial charge in [-0.3, -0.25) is 0 Å². The number of aromatic nitrogens is 1. The van der Waals surface area contributed by atoms with E-state index in [4.69, 9.17) is 4.74 Å². The van der Waals surface area contributed by atoms with Crippen LogP contribution in [0.3, 0.4) is 0 Å². The summed E-state index contributed by atoms with van der Waals surface area (Å²) in [4.78, 5) is 4.19. The van der Waals surface area contributed by atoms with E-state index in [0.717, 1.165) is 16.6 Å². The van der Waals surface area contributed by atoms with Gasteiger partial charge in [0.15, 0.2) is 0 Å². The van der Waals surface area contributed by atoms with Gasteiger partial charge in [0, 0.05) is 6.20 Å². The van der Waals surface area contributed by atoms with Crippen LogP contribution in [0, 0.1) is 0 Å². The maximum absolute atomic E-state index is 5.75. The van der Waals surface area contributed by atoms with Crippen molar-refractivity contribution in [3.8, 4) is 11.6 Å². The molecule has 19 heavy (non-hydrogen) atoms. The van der Waals surface area contributed by atoms with Crippen molar-refractivity contribution in [3.63, 3.8) is 0 Å². The molecule has 1 aromatic carbocycles. The molecule has 1 aromatic heterocycles. The van der Waals surface area contributed by atoms with Crippen LogP contribution in [0.15, 0.2) is 47.1 Å². The van der Waals surface area contributed by atoms with E-state index in [0.29, 0.717) is 5.88 Å². The van der Waals surface area contributed by atoms with E-state index >= 15 is 0 Å². The van der Waals surface area contributed by atoms with Crippen LogP contribution in [0.5, 0.6) is 11.6 Å². The highest BCUT2D eigenvalue weighted by atomic mass is 79.9. The number of hydrogen-bond donors (Lipinski definition) is 0. The molecule has 0 amide bonds. The Bertz CT molecular complexity index is 549. The molecule has 0 unspecified atom stereocenters. The highest BCUT2D eigenvalue weighted by molar-refractivity contribution is 9.10. The molecule has 3 heteroatoms. The Balaban J connectivity index is 2.18. The van der Waals surface area contributed by atoms with Crippen LogP contribution in [-0.2, 0) is 5.41 Å². The van der Waals surface area contributed by atoms with Gasteiger partial charge in [-0.15, -0.1) is 0 Å². The van der Waals surface area contributed by atoms with Crippen molar-refractivity contribution in [2.75, 3.05) is 0 Å². The summed E-state index contributed by atoms with van der Waals surface area (Å²) in [7, 11) is 0. The van der Waals surface area contributed by atoms with Gasteiger partial charge in [-0.05, 0) is 57.6 Å². The molecule has 0 saturated carbocycles. The van der Waals surface area contributed by atoms with Crippen molar-refractivity contribution in [2.45, 2.75) is 32.6 Å². The molecule has 0 aliphatic heterocycles. The van der Waals surface area contributed by atoms with Crippen molar-refractivity contribution in [1.29, 1.82) is 0 Å². The minimum absolute atomic E-state index is 0.199. The lowest BCUT2D eigenvalue weighted by atomic mass is 9.82. The average Bonchev–Trinajstić information content (AvgIpc) is 2.42. The first-order valence-electron chi connectivity index (χ1n) is 6.42. The van der Waals surface area contributed by atoms with E-state index < -0.39 is 0 Å². The zero-order valence-electron chi connectivity index (χ0n) is 11.5. The fourth-order valence-electron chi connectivity index (χ4n) is 1.74. The Morgan fingerprint density at radius 2 is 1.84 bits per heavy atom. The van der Waals surface area contributed by atoms with Gasteiger partial charge >= 0.3 is 0 Å². The van der Waals surface area contributed by atoms with Crippen LogP contribution in [0.2, 0.25) is 0 Å². The van der Waals surface area contributed by atoms with Gasteiger partial charge in [0.2, 0.25) is 5.88 Å². The number of halogens is 1. The molecular weight excluding hydrogens is 302 g/mol. The predicted octanol–water partition coefficient (Wildman–Crippen LogP) is 5.32. The van der Waals surface area contributed by atoms with Crippen LogP contribution in [0.25, 0.3) is 0 Å². The molecule has 0 radical (unpaired) electrons. The number of benzene rings is 1. The molecular formula is C16H18BrNO. The fraction of sp³-hybridized carbons (Fsp3) is 0.312. The third kappa shape index (κ3) is 3.35. The quantitative estimate of drug-likeness (QED) is 0.760. The molecule has 0 saturated heterocycles. The minimum atomic E-state index is 0.199. The maximum Gasteiger partial charge on any atom is 0.233 e. The predicted molar refractivity (Wildman–Crippen MR) is 81.8 cm³/mol. The zero-order valence-corrected chi connectivity index (χ0v) is 13.1. The largest absolute Gasteiger partial charge is 0.438 e. The number of pyridine rings is 1. The summed E-state index contributed by atoms with van der Waals surface area (Å²) in [6.07, 6.45) is 2.83. The highest BCUT2D eigenvalue weighted by Crippen LogP contribution is 2.30. The summed E-state index contributed by atoms with van der Waals surface area (Å²) < 4.78 is 6.61. The Kier molecular flexibility index (Phi) is 4.25. The molecule has 0 bridgehead atoms. The normalized spacial score (nSPS) is 11.4. The highest BCUT2D eigenvalue weighted by Gasteiger charge is 2.17. The Morgan fingerprint density at radius 3 is 2.42 bits per heavy atom. The van der Waals surface area contributed by atoms with Crippen LogP contribution in [-0.4, -0.2) is 4.98 Å². The number of hydrogen-bond acceptors (Lipinski definition) is 2. The molecule has 0 atom stereocenters. The first kappa shape index (κ1) is 14.1. The Hall–Kier alpha value is -1.35. The molecule has 0 aliphatic carbocycles. The second-order valence-electron chi connectivity index (χ2n) is 5.15. The number of rotatable bonds is 4. The van der Waals surface area contributed by atoms with E-state index in [1.807, 2.05) is 24.3 Å². The maximum atomic E-state index is 5.75. The van der Waals surface area contributed by atoms with Gasteiger partial charge in [0.25, 0.3) is 0 Å². The smallest absolute Gasteiger partial charge is 0.233 e. The number of ether oxygens (including phenoxy) is 1. The van der Waals surface area contributed by atoms with E-state index in [9.17, 15) is 0 Å². The van der Waals surface area contributed by atoms with Gasteiger partial charge in [0.1, 0.15) is 5.75 Å². The lowest BCUT2D eigenvalue weighted by Gasteiger charge is -2.23. The summed E-state index contributed by atoms with van der Waals surface area (Å²) >= 11 is 3.42. The van der Waals surface area contributed by atoms with Crippen molar-refractivity contribution >= 4 is 15.9 Å². The molecule has 100 valence electrons. The molecule has 2 rings (SSSR count). The van der Waals surface area contributed by atoms with Gasteiger partial charge in [-0.1, -0.05) is 32.9 Å². The van der Waals surface area contributed by atoms with E-state index in [1.54, 1.807) is 6.20 Å². The van der Waals surface area contributed by atoms with Crippen LogP contribution >= 0.6 is 15.9 Å². The first-order chi connectivity index (χ1) is 9.03. The molecule has 0 N–H and O–H groups in total. The van der Waals surface area contributed by atoms with Crippen molar-refractivity contribution in [2.24, 2.45) is 0 Å². The van der Waals surface area contributed by atoms with Crippen molar-refractivity contribution in [1.82, 2.24) is 4.98 Å². The second kappa shape index (κ2) is 5.74. The van der Waals surface area contributed by atoms with Gasteiger partial charge in [-0.2, -0.15) is 0 Å². The first-order valence-corrected chi connectivity index (χ1v) is 7.21. The summed E-state index contributed by atoms with van der Waals surface area (Å²) in [6.45, 7) is 6.70. The summed E-state index contributed by atoms with van der Waals surface area (Å²) in [5, 5.41) is 0. The molecule has 0 aliphatic rings. The van der Waals surface area contributed by atoms with E-state index in [2.05, 4.69) is 53.8 Å². The van der Waals surface area contributed by atoms with Gasteiger partial charge in [-0.25, -0.2) is 4.98 Å². The average molecular weight is 320 g/mol. The molecule has 0 fully saturated rings. The Morgan fingerprint density at radius 1 is 1.16 bits per heavy atom. The lowest BCUT2D eigenvalue weighted by Crippen LogP contribution is -2.14. The fourth-order valence-corrected chi connectivity index (χ4v) is 2.07. The van der Waals surface area contributed by atoms with Crippen LogP contribution in [0.4, 0.5) is 0 Å². The molecule has 2 aromatic rings. The molecule has 1 heterocycles. The van der Waals surface area contributed by atoms with Crippen LogP contribution < -0.4 is 4.74 Å². The van der Waals surface area contributed by atoms with Crippen LogP contribution in [0.1, 0.15) is 32.8 Å². The third-order valence-corrected chi connectivity index (χ3v) is 4.06. The second-order valence-corrected chi connectivity index (χ2v) is 6.01. The standard InChI is InChI=1S/C16H18BrNO/c1-4-16(2,3)12-7-9-13(10-8-12)19-15-14(17)6-5-11-18-15/h5-11H,4H2,1-3H3. The number of nitrogens with zero attached hydrogens (tertiary/aromatic N) is 1. The van der Waals surface area contributed by atoms with E-state index in [1.165, 1.54) is 5.56 Å². The SMILES string of the molecule is CCC(C)(C)c1ccc(Oc2ncccc2Br)cc1. The van der Waals surface area contributed by atoms with Gasteiger partial charge in [0.05, 0.1) is 4.47 Å². The molecule has 2 nitrogen and oxygen atoms in total. The van der Waals surface area contributed by atoms with E-state index in [-0.39, 0.29) is 5.41 Å². The Labute approximate surface area is 123 Å².